The molecule has 0 unspecified atom stereocenters. The van der Waals surface area contributed by atoms with Gasteiger partial charge in [0.25, 0.3) is 0 Å². The molecular formula is C21H20F5OSi. The highest BCUT2D eigenvalue weighted by Gasteiger charge is 2.38. The molecule has 0 heterocycles. The molecule has 2 aromatic carbocycles. The van der Waals surface area contributed by atoms with E-state index >= 15 is 0 Å². The van der Waals surface area contributed by atoms with E-state index in [0.29, 0.717) is 23.6 Å². The van der Waals surface area contributed by atoms with Gasteiger partial charge in [-0.2, -0.15) is 8.78 Å². The lowest BCUT2D eigenvalue weighted by Crippen LogP contribution is -2.24. The zero-order valence-electron chi connectivity index (χ0n) is 15.4. The number of hydrogen-bond donors (Lipinski definition) is 0. The first-order valence-electron chi connectivity index (χ1n) is 9.18. The molecule has 1 nitrogen and oxygen atoms in total. The van der Waals surface area contributed by atoms with E-state index < -0.39 is 34.9 Å². The van der Waals surface area contributed by atoms with E-state index in [4.69, 9.17) is 0 Å². The fraction of sp³-hybridized carbons (Fsp3) is 0.429. The summed E-state index contributed by atoms with van der Waals surface area (Å²) in [7, 11) is 3.51. The predicted molar refractivity (Wildman–Crippen MR) is 97.3 cm³/mol. The van der Waals surface area contributed by atoms with Gasteiger partial charge >= 0.3 is 6.11 Å². The highest BCUT2D eigenvalue weighted by atomic mass is 28.1. The topological polar surface area (TPSA) is 9.23 Å². The Morgan fingerprint density at radius 2 is 1.57 bits per heavy atom. The number of halogens is 5. The Hall–Kier alpha value is -1.89. The van der Waals surface area contributed by atoms with E-state index in [1.54, 1.807) is 0 Å². The number of benzene rings is 2. The Bertz CT molecular complexity index is 824. The van der Waals surface area contributed by atoms with Crippen LogP contribution in [0.3, 0.4) is 0 Å². The molecule has 0 aromatic heterocycles. The van der Waals surface area contributed by atoms with E-state index in [1.807, 2.05) is 0 Å². The number of rotatable bonds is 5. The summed E-state index contributed by atoms with van der Waals surface area (Å²) in [5.41, 5.74) is -0.593. The Kier molecular flexibility index (Phi) is 6.12. The van der Waals surface area contributed by atoms with Crippen LogP contribution in [0.4, 0.5) is 22.0 Å². The van der Waals surface area contributed by atoms with Gasteiger partial charge in [0.15, 0.2) is 0 Å². The molecule has 1 fully saturated rings. The molecule has 0 atom stereocenters. The predicted octanol–water partition coefficient (Wildman–Crippen LogP) is 6.40. The lowest BCUT2D eigenvalue weighted by atomic mass is 9.79. The van der Waals surface area contributed by atoms with Crippen LogP contribution in [0.2, 0.25) is 6.04 Å². The maximum atomic E-state index is 14.5. The van der Waals surface area contributed by atoms with Crippen molar-refractivity contribution in [3.8, 4) is 5.75 Å². The van der Waals surface area contributed by atoms with Gasteiger partial charge in [0.1, 0.15) is 23.2 Å². The molecule has 28 heavy (non-hydrogen) atoms. The van der Waals surface area contributed by atoms with Crippen LogP contribution < -0.4 is 4.74 Å². The molecule has 3 radical (unpaired) electrons. The van der Waals surface area contributed by atoms with Crippen molar-refractivity contribution in [3.05, 3.63) is 64.5 Å². The largest absolute Gasteiger partial charge is 0.429 e. The quantitative estimate of drug-likeness (QED) is 0.409. The molecule has 0 saturated heterocycles. The number of hydrogen-bond acceptors (Lipinski definition) is 1. The van der Waals surface area contributed by atoms with Crippen LogP contribution >= 0.6 is 0 Å². The highest BCUT2D eigenvalue weighted by molar-refractivity contribution is 6.08. The minimum atomic E-state index is -4.07. The van der Waals surface area contributed by atoms with E-state index in [2.05, 4.69) is 15.0 Å². The van der Waals surface area contributed by atoms with Gasteiger partial charge in [0.2, 0.25) is 0 Å². The normalized spacial score (nSPS) is 20.2. The van der Waals surface area contributed by atoms with Gasteiger partial charge in [-0.3, -0.25) is 0 Å². The van der Waals surface area contributed by atoms with Crippen molar-refractivity contribution in [2.24, 2.45) is 5.92 Å². The van der Waals surface area contributed by atoms with Gasteiger partial charge in [0.05, 0.1) is 5.56 Å². The Morgan fingerprint density at radius 1 is 0.964 bits per heavy atom. The van der Waals surface area contributed by atoms with E-state index in [9.17, 15) is 22.0 Å². The first kappa shape index (κ1) is 20.8. The first-order valence-corrected chi connectivity index (χ1v) is 9.89. The van der Waals surface area contributed by atoms with Gasteiger partial charge in [-0.05, 0) is 49.3 Å². The minimum Gasteiger partial charge on any atom is -0.429 e. The Labute approximate surface area is 164 Å². The lowest BCUT2D eigenvalue weighted by Gasteiger charge is -2.28. The van der Waals surface area contributed by atoms with Crippen molar-refractivity contribution in [1.29, 1.82) is 0 Å². The van der Waals surface area contributed by atoms with Crippen molar-refractivity contribution in [2.45, 2.75) is 50.7 Å². The zero-order chi connectivity index (χ0) is 20.5. The van der Waals surface area contributed by atoms with Crippen molar-refractivity contribution in [3.63, 3.8) is 0 Å². The second-order valence-corrected chi connectivity index (χ2v) is 7.70. The molecule has 1 aliphatic carbocycles. The highest BCUT2D eigenvalue weighted by Crippen LogP contribution is 2.39. The average Bonchev–Trinajstić information content (AvgIpc) is 2.65. The molecule has 1 saturated carbocycles. The van der Waals surface area contributed by atoms with Crippen LogP contribution in [-0.2, 0) is 6.11 Å². The van der Waals surface area contributed by atoms with Crippen molar-refractivity contribution in [2.75, 3.05) is 0 Å². The first-order chi connectivity index (χ1) is 13.2. The van der Waals surface area contributed by atoms with Crippen molar-refractivity contribution in [1.82, 2.24) is 0 Å². The van der Waals surface area contributed by atoms with Gasteiger partial charge in [-0.1, -0.05) is 25.0 Å². The molecule has 1 aliphatic rings. The molecular weight excluding hydrogens is 391 g/mol. The molecule has 0 amide bonds. The summed E-state index contributed by atoms with van der Waals surface area (Å²) in [4.78, 5) is 0. The molecule has 0 aliphatic heterocycles. The fourth-order valence-corrected chi connectivity index (χ4v) is 4.01. The Morgan fingerprint density at radius 3 is 2.11 bits per heavy atom. The fourth-order valence-electron chi connectivity index (χ4n) is 3.61. The van der Waals surface area contributed by atoms with Crippen LogP contribution in [-0.4, -0.2) is 10.2 Å². The van der Waals surface area contributed by atoms with Gasteiger partial charge < -0.3 is 4.74 Å². The maximum Gasteiger partial charge on any atom is 0.429 e. The smallest absolute Gasteiger partial charge is 0.429 e. The molecule has 0 bridgehead atoms. The van der Waals surface area contributed by atoms with Crippen LogP contribution in [0.25, 0.3) is 0 Å². The zero-order valence-corrected chi connectivity index (χ0v) is 16.4. The molecule has 149 valence electrons. The third kappa shape index (κ3) is 4.40. The summed E-state index contributed by atoms with van der Waals surface area (Å²) < 4.78 is 74.9. The minimum absolute atomic E-state index is 0.132. The summed E-state index contributed by atoms with van der Waals surface area (Å²) in [5.74, 6) is -3.11. The monoisotopic (exact) mass is 411 g/mol. The summed E-state index contributed by atoms with van der Waals surface area (Å²) in [6, 6.07) is 5.80. The SMILES string of the molecule is Cc1c(F)cc(OC(F)(F)c2ccc(C3CCC(C[Si])CC3)cc2F)cc1F. The van der Waals surface area contributed by atoms with Gasteiger partial charge in [0, 0.05) is 27.9 Å². The van der Waals surface area contributed by atoms with E-state index in [0.717, 1.165) is 43.9 Å². The summed E-state index contributed by atoms with van der Waals surface area (Å²) in [6.45, 7) is 1.18. The molecule has 2 aromatic rings. The maximum absolute atomic E-state index is 14.5. The van der Waals surface area contributed by atoms with Crippen molar-refractivity contribution >= 4 is 10.2 Å². The number of ether oxygens (including phenoxy) is 1. The second kappa shape index (κ2) is 8.23. The average molecular weight is 411 g/mol. The third-order valence-electron chi connectivity index (χ3n) is 5.41. The summed E-state index contributed by atoms with van der Waals surface area (Å²) in [5, 5.41) is 0. The lowest BCUT2D eigenvalue weighted by molar-refractivity contribution is -0.187. The van der Waals surface area contributed by atoms with Gasteiger partial charge in [-0.25, -0.2) is 13.2 Å². The molecule has 0 N–H and O–H groups in total. The number of alkyl halides is 2. The van der Waals surface area contributed by atoms with E-state index in [-0.39, 0.29) is 11.5 Å². The van der Waals surface area contributed by atoms with Crippen LogP contribution in [0.5, 0.6) is 5.75 Å². The molecule has 7 heteroatoms. The van der Waals surface area contributed by atoms with Crippen LogP contribution in [0, 0.1) is 30.3 Å². The second-order valence-electron chi connectivity index (χ2n) is 7.29. The molecule has 3 rings (SSSR count). The van der Waals surface area contributed by atoms with Crippen LogP contribution in [0.15, 0.2) is 30.3 Å². The van der Waals surface area contributed by atoms with Crippen molar-refractivity contribution < 1.29 is 26.7 Å². The van der Waals surface area contributed by atoms with Crippen LogP contribution in [0.1, 0.15) is 48.3 Å². The summed E-state index contributed by atoms with van der Waals surface area (Å²) in [6.07, 6.45) is -0.307. The van der Waals surface area contributed by atoms with E-state index in [1.165, 1.54) is 13.0 Å². The standard InChI is InChI=1S/C21H20F5OSi/c1-12-18(22)9-16(10-19(12)23)27-21(25,26)17-7-6-15(8-20(17)24)14-4-2-13(11-28)3-5-14/h6-10,13-14H,2-5,11H2,1H3. The Balaban J connectivity index is 1.79. The van der Waals surface area contributed by atoms with Gasteiger partial charge in [-0.15, -0.1) is 0 Å². The third-order valence-corrected chi connectivity index (χ3v) is 5.99. The molecule has 0 spiro atoms. The summed E-state index contributed by atoms with van der Waals surface area (Å²) >= 11 is 0.